The molecule has 6 heteroatoms. The molecule has 0 spiro atoms. The molecule has 2 saturated carbocycles. The third-order valence-corrected chi connectivity index (χ3v) is 13.0. The number of hydrogen-bond donors (Lipinski definition) is 1. The summed E-state index contributed by atoms with van der Waals surface area (Å²) < 4.78 is 40.8. The zero-order valence-electron chi connectivity index (χ0n) is 25.4. The molecule has 1 aromatic carbocycles. The fourth-order valence-electron chi connectivity index (χ4n) is 9.91. The highest BCUT2D eigenvalue weighted by Gasteiger charge is 2.59. The molecule has 41 heavy (non-hydrogen) atoms. The van der Waals surface area contributed by atoms with Crippen molar-refractivity contribution in [1.29, 1.82) is 0 Å². The van der Waals surface area contributed by atoms with E-state index in [9.17, 15) is 13.2 Å². The van der Waals surface area contributed by atoms with E-state index in [-0.39, 0.29) is 11.1 Å². The van der Waals surface area contributed by atoms with Crippen molar-refractivity contribution >= 4 is 27.7 Å². The lowest BCUT2D eigenvalue weighted by Crippen LogP contribution is -2.49. The number of rotatable bonds is 7. The second-order valence-electron chi connectivity index (χ2n) is 14.6. The largest absolute Gasteiger partial charge is 0.418 e. The highest BCUT2D eigenvalue weighted by molar-refractivity contribution is 7.16. The highest BCUT2D eigenvalue weighted by atomic mass is 32.1. The SMILES string of the molecule is CC(C)CCCC(C)C1CC[C@H]2[C@@H]3CC=C4c5sc(Nc6ccccc6C(F)(F)F)nc5CC[C@]4(C)[C@H]3CC[C@]12C. The van der Waals surface area contributed by atoms with Crippen molar-refractivity contribution < 1.29 is 13.2 Å². The van der Waals surface area contributed by atoms with E-state index in [0.717, 1.165) is 60.6 Å². The number of anilines is 2. The molecule has 0 amide bonds. The summed E-state index contributed by atoms with van der Waals surface area (Å²) in [5.41, 5.74) is 2.51. The van der Waals surface area contributed by atoms with Crippen LogP contribution in [0, 0.1) is 46.3 Å². The molecular formula is C35H47F3N2S. The van der Waals surface area contributed by atoms with Crippen molar-refractivity contribution in [2.75, 3.05) is 5.32 Å². The Bertz CT molecular complexity index is 1290. The molecule has 0 radical (unpaired) electrons. The minimum Gasteiger partial charge on any atom is -0.331 e. The second-order valence-corrected chi connectivity index (χ2v) is 15.6. The van der Waals surface area contributed by atoms with E-state index in [1.807, 2.05) is 0 Å². The first-order chi connectivity index (χ1) is 19.4. The van der Waals surface area contributed by atoms with Gasteiger partial charge < -0.3 is 5.32 Å². The number of alkyl halides is 3. The van der Waals surface area contributed by atoms with E-state index in [2.05, 4.69) is 46.0 Å². The molecule has 1 aromatic heterocycles. The predicted molar refractivity (Wildman–Crippen MR) is 164 cm³/mol. The normalized spacial score (nSPS) is 33.4. The molecular weight excluding hydrogens is 537 g/mol. The third kappa shape index (κ3) is 5.08. The molecule has 4 aliphatic carbocycles. The number of benzene rings is 1. The molecule has 2 nitrogen and oxygen atoms in total. The van der Waals surface area contributed by atoms with Crippen molar-refractivity contribution in [3.63, 3.8) is 0 Å². The summed E-state index contributed by atoms with van der Waals surface area (Å²) in [6.07, 6.45) is 10.8. The fourth-order valence-corrected chi connectivity index (χ4v) is 11.1. The molecule has 2 aromatic rings. The van der Waals surface area contributed by atoms with E-state index >= 15 is 0 Å². The Morgan fingerprint density at radius 1 is 1.02 bits per heavy atom. The number of nitrogens with one attached hydrogen (secondary N) is 1. The summed E-state index contributed by atoms with van der Waals surface area (Å²) in [5.74, 6) is 4.71. The number of thiazole rings is 1. The van der Waals surface area contributed by atoms with Crippen molar-refractivity contribution in [1.82, 2.24) is 4.98 Å². The van der Waals surface area contributed by atoms with Crippen LogP contribution >= 0.6 is 11.3 Å². The molecule has 1 heterocycles. The van der Waals surface area contributed by atoms with Crippen LogP contribution in [0.2, 0.25) is 0 Å². The van der Waals surface area contributed by atoms with Crippen LogP contribution in [-0.4, -0.2) is 4.98 Å². The summed E-state index contributed by atoms with van der Waals surface area (Å²) in [7, 11) is 0. The van der Waals surface area contributed by atoms with Gasteiger partial charge in [-0.2, -0.15) is 13.2 Å². The zero-order valence-corrected chi connectivity index (χ0v) is 26.2. The van der Waals surface area contributed by atoms with E-state index in [0.29, 0.717) is 16.5 Å². The lowest BCUT2D eigenvalue weighted by Gasteiger charge is -2.57. The van der Waals surface area contributed by atoms with Gasteiger partial charge in [-0.25, -0.2) is 4.98 Å². The van der Waals surface area contributed by atoms with Crippen molar-refractivity contribution in [3.8, 4) is 0 Å². The van der Waals surface area contributed by atoms with Crippen LogP contribution in [0.3, 0.4) is 0 Å². The molecule has 4 aliphatic rings. The van der Waals surface area contributed by atoms with E-state index in [4.69, 9.17) is 4.98 Å². The standard InChI is InChI=1S/C35H47F3N2S/c1-21(2)9-8-10-22(3)24-15-16-25-23-13-14-28-31-30(18-20-34(28,5)26(23)17-19-33(24,25)4)40-32(41-31)39-29-12-7-6-11-27(29)35(36,37)38/h6-7,11-12,14,21-26H,8-10,13,15-20H2,1-5H3,(H,39,40)/t22?,23-,24?,25-,26-,33+,34+/m0/s1. The number of hydrogen-bond acceptors (Lipinski definition) is 3. The van der Waals surface area contributed by atoms with Crippen LogP contribution in [0.15, 0.2) is 30.3 Å². The Morgan fingerprint density at radius 3 is 2.56 bits per heavy atom. The van der Waals surface area contributed by atoms with Gasteiger partial charge in [0.2, 0.25) is 0 Å². The Kier molecular flexibility index (Phi) is 7.65. The van der Waals surface area contributed by atoms with Crippen LogP contribution in [0.1, 0.15) is 109 Å². The lowest BCUT2D eigenvalue weighted by atomic mass is 9.47. The van der Waals surface area contributed by atoms with Crippen molar-refractivity contribution in [2.45, 2.75) is 105 Å². The monoisotopic (exact) mass is 584 g/mol. The molecule has 0 saturated heterocycles. The Hall–Kier alpha value is -1.82. The summed E-state index contributed by atoms with van der Waals surface area (Å²) >= 11 is 1.55. The maximum atomic E-state index is 13.6. The predicted octanol–water partition coefficient (Wildman–Crippen LogP) is 11.2. The molecule has 224 valence electrons. The van der Waals surface area contributed by atoms with Gasteiger partial charge in [0.1, 0.15) is 0 Å². The van der Waals surface area contributed by atoms with Gasteiger partial charge in [-0.3, -0.25) is 0 Å². The van der Waals surface area contributed by atoms with Crippen molar-refractivity contribution in [2.24, 2.45) is 46.3 Å². The average molecular weight is 585 g/mol. The number of fused-ring (bicyclic) bond motifs is 7. The van der Waals surface area contributed by atoms with Gasteiger partial charge in [0.25, 0.3) is 0 Å². The second kappa shape index (κ2) is 10.7. The number of halogens is 3. The van der Waals surface area contributed by atoms with E-state index in [1.54, 1.807) is 17.4 Å². The lowest BCUT2D eigenvalue weighted by molar-refractivity contribution is -0.136. The van der Waals surface area contributed by atoms with Crippen LogP contribution in [0.5, 0.6) is 0 Å². The average Bonchev–Trinajstić information content (AvgIpc) is 3.48. The van der Waals surface area contributed by atoms with Crippen LogP contribution in [-0.2, 0) is 12.6 Å². The van der Waals surface area contributed by atoms with Gasteiger partial charge in [0, 0.05) is 0 Å². The summed E-state index contributed by atoms with van der Waals surface area (Å²) in [4.78, 5) is 6.03. The molecule has 6 rings (SSSR count). The first-order valence-electron chi connectivity index (χ1n) is 16.1. The van der Waals surface area contributed by atoms with Crippen LogP contribution in [0.25, 0.3) is 5.57 Å². The molecule has 2 fully saturated rings. The van der Waals surface area contributed by atoms with E-state index < -0.39 is 11.7 Å². The Labute approximate surface area is 248 Å². The fraction of sp³-hybridized carbons (Fsp3) is 0.686. The summed E-state index contributed by atoms with van der Waals surface area (Å²) in [5, 5.41) is 3.60. The summed E-state index contributed by atoms with van der Waals surface area (Å²) in [6, 6.07) is 5.71. The number of aryl methyl sites for hydroxylation is 1. The quantitative estimate of drug-likeness (QED) is 0.350. The smallest absolute Gasteiger partial charge is 0.331 e. The van der Waals surface area contributed by atoms with Gasteiger partial charge in [0.05, 0.1) is 21.8 Å². The zero-order chi connectivity index (χ0) is 29.2. The topological polar surface area (TPSA) is 24.9 Å². The van der Waals surface area contributed by atoms with Crippen LogP contribution < -0.4 is 5.32 Å². The minimum absolute atomic E-state index is 0.0762. The van der Waals surface area contributed by atoms with Gasteiger partial charge in [-0.1, -0.05) is 83.4 Å². The molecule has 7 atom stereocenters. The molecule has 0 bridgehead atoms. The van der Waals surface area contributed by atoms with E-state index in [1.165, 1.54) is 67.5 Å². The number of allylic oxidation sites excluding steroid dienone is 2. The first-order valence-corrected chi connectivity index (χ1v) is 16.9. The number of nitrogens with zero attached hydrogens (tertiary/aromatic N) is 1. The Morgan fingerprint density at radius 2 is 1.80 bits per heavy atom. The van der Waals surface area contributed by atoms with Gasteiger partial charge in [-0.15, -0.1) is 0 Å². The first kappa shape index (κ1) is 29.3. The maximum Gasteiger partial charge on any atom is 0.418 e. The van der Waals surface area contributed by atoms with Crippen molar-refractivity contribution in [3.05, 3.63) is 46.5 Å². The highest BCUT2D eigenvalue weighted by Crippen LogP contribution is 2.68. The van der Waals surface area contributed by atoms with Gasteiger partial charge >= 0.3 is 6.18 Å². The van der Waals surface area contributed by atoms with Gasteiger partial charge in [0.15, 0.2) is 5.13 Å². The third-order valence-electron chi connectivity index (χ3n) is 12.0. The number of para-hydroxylation sites is 1. The molecule has 2 unspecified atom stereocenters. The number of aromatic nitrogens is 1. The molecule has 1 N–H and O–H groups in total. The maximum absolute atomic E-state index is 13.6. The summed E-state index contributed by atoms with van der Waals surface area (Å²) in [6.45, 7) is 12.4. The molecule has 0 aliphatic heterocycles. The van der Waals surface area contributed by atoms with Gasteiger partial charge in [-0.05, 0) is 109 Å². The van der Waals surface area contributed by atoms with Crippen LogP contribution in [0.4, 0.5) is 24.0 Å². The minimum atomic E-state index is -4.40. The Balaban J connectivity index is 1.23.